The van der Waals surface area contributed by atoms with Gasteiger partial charge >= 0.3 is 0 Å². The van der Waals surface area contributed by atoms with Crippen LogP contribution in [0.25, 0.3) is 0 Å². The van der Waals surface area contributed by atoms with Gasteiger partial charge in [-0.2, -0.15) is 0 Å². The maximum absolute atomic E-state index is 13.2. The number of nitrogens with one attached hydrogen (secondary N) is 1. The third-order valence-electron chi connectivity index (χ3n) is 3.92. The SMILES string of the molecule is CC(NC1CCN(C)CC1C)c1cccc(F)c1. The van der Waals surface area contributed by atoms with E-state index in [9.17, 15) is 4.39 Å². The van der Waals surface area contributed by atoms with Crippen LogP contribution in [0.1, 0.15) is 31.9 Å². The van der Waals surface area contributed by atoms with Crippen molar-refractivity contribution in [2.75, 3.05) is 20.1 Å². The Hall–Kier alpha value is -0.930. The molecular formula is C15H23FN2. The molecule has 0 aliphatic carbocycles. The first-order valence-electron chi connectivity index (χ1n) is 6.76. The van der Waals surface area contributed by atoms with Crippen LogP contribution in [-0.2, 0) is 0 Å². The molecule has 1 aliphatic heterocycles. The zero-order valence-corrected chi connectivity index (χ0v) is 11.5. The van der Waals surface area contributed by atoms with Crippen molar-refractivity contribution in [3.8, 4) is 0 Å². The number of rotatable bonds is 3. The lowest BCUT2D eigenvalue weighted by molar-refractivity contribution is 0.168. The van der Waals surface area contributed by atoms with Crippen molar-refractivity contribution < 1.29 is 4.39 Å². The second-order valence-electron chi connectivity index (χ2n) is 5.58. The molecule has 3 atom stereocenters. The molecule has 1 N–H and O–H groups in total. The van der Waals surface area contributed by atoms with Gasteiger partial charge < -0.3 is 10.2 Å². The fraction of sp³-hybridized carbons (Fsp3) is 0.600. The fourth-order valence-electron chi connectivity index (χ4n) is 2.80. The third kappa shape index (κ3) is 3.30. The Balaban J connectivity index is 1.97. The summed E-state index contributed by atoms with van der Waals surface area (Å²) < 4.78 is 13.2. The number of benzene rings is 1. The molecule has 1 aromatic carbocycles. The van der Waals surface area contributed by atoms with Gasteiger partial charge in [0.1, 0.15) is 5.82 Å². The van der Waals surface area contributed by atoms with Crippen LogP contribution in [0.5, 0.6) is 0 Å². The van der Waals surface area contributed by atoms with Crippen LogP contribution in [0.15, 0.2) is 24.3 Å². The molecule has 100 valence electrons. The summed E-state index contributed by atoms with van der Waals surface area (Å²) >= 11 is 0. The van der Waals surface area contributed by atoms with Gasteiger partial charge in [0.2, 0.25) is 0 Å². The lowest BCUT2D eigenvalue weighted by atomic mass is 9.93. The minimum absolute atomic E-state index is 0.155. The standard InChI is InChI=1S/C15H23FN2/c1-11-10-18(3)8-7-15(11)17-12(2)13-5-4-6-14(16)9-13/h4-6,9,11-12,15,17H,7-8,10H2,1-3H3. The van der Waals surface area contributed by atoms with Crippen molar-refractivity contribution >= 4 is 0 Å². The minimum atomic E-state index is -0.155. The Morgan fingerprint density at radius 3 is 2.89 bits per heavy atom. The van der Waals surface area contributed by atoms with Crippen LogP contribution in [0.3, 0.4) is 0 Å². The number of piperidine rings is 1. The highest BCUT2D eigenvalue weighted by Crippen LogP contribution is 2.20. The smallest absolute Gasteiger partial charge is 0.123 e. The van der Waals surface area contributed by atoms with Gasteiger partial charge in [-0.3, -0.25) is 0 Å². The zero-order chi connectivity index (χ0) is 13.1. The van der Waals surface area contributed by atoms with Crippen molar-refractivity contribution in [2.24, 2.45) is 5.92 Å². The molecule has 0 radical (unpaired) electrons. The molecule has 0 amide bonds. The largest absolute Gasteiger partial charge is 0.307 e. The molecule has 1 saturated heterocycles. The highest BCUT2D eigenvalue weighted by Gasteiger charge is 2.25. The van der Waals surface area contributed by atoms with E-state index < -0.39 is 0 Å². The number of nitrogens with zero attached hydrogens (tertiary/aromatic N) is 1. The topological polar surface area (TPSA) is 15.3 Å². The van der Waals surface area contributed by atoms with Crippen LogP contribution in [0, 0.1) is 11.7 Å². The number of hydrogen-bond donors (Lipinski definition) is 1. The monoisotopic (exact) mass is 250 g/mol. The summed E-state index contributed by atoms with van der Waals surface area (Å²) in [5.41, 5.74) is 1.03. The first-order valence-corrected chi connectivity index (χ1v) is 6.76. The molecule has 0 bridgehead atoms. The van der Waals surface area contributed by atoms with Crippen molar-refractivity contribution in [3.05, 3.63) is 35.6 Å². The molecule has 2 nitrogen and oxygen atoms in total. The zero-order valence-electron chi connectivity index (χ0n) is 11.5. The maximum atomic E-state index is 13.2. The van der Waals surface area contributed by atoms with Gasteiger partial charge in [-0.1, -0.05) is 19.1 Å². The van der Waals surface area contributed by atoms with E-state index in [0.717, 1.165) is 25.1 Å². The Bertz CT molecular complexity index is 394. The molecular weight excluding hydrogens is 227 g/mol. The summed E-state index contributed by atoms with van der Waals surface area (Å²) in [5.74, 6) is 0.484. The van der Waals surface area contributed by atoms with Crippen LogP contribution >= 0.6 is 0 Å². The lowest BCUT2D eigenvalue weighted by Crippen LogP contribution is -2.47. The summed E-state index contributed by atoms with van der Waals surface area (Å²) in [7, 11) is 2.17. The van der Waals surface area contributed by atoms with Crippen molar-refractivity contribution in [1.29, 1.82) is 0 Å². The first-order chi connectivity index (χ1) is 8.56. The molecule has 3 heteroatoms. The Morgan fingerprint density at radius 1 is 1.44 bits per heavy atom. The highest BCUT2D eigenvalue weighted by molar-refractivity contribution is 5.19. The summed E-state index contributed by atoms with van der Waals surface area (Å²) in [4.78, 5) is 2.37. The summed E-state index contributed by atoms with van der Waals surface area (Å²) in [6, 6.07) is 7.61. The van der Waals surface area contributed by atoms with E-state index in [1.165, 1.54) is 6.07 Å². The van der Waals surface area contributed by atoms with E-state index in [1.807, 2.05) is 6.07 Å². The minimum Gasteiger partial charge on any atom is -0.307 e. The normalized spacial score (nSPS) is 27.1. The maximum Gasteiger partial charge on any atom is 0.123 e. The van der Waals surface area contributed by atoms with Gasteiger partial charge in [-0.05, 0) is 50.6 Å². The first kappa shape index (κ1) is 13.5. The Morgan fingerprint density at radius 2 is 2.22 bits per heavy atom. The average Bonchev–Trinajstić information content (AvgIpc) is 2.32. The number of likely N-dealkylation sites (tertiary alicyclic amines) is 1. The molecule has 1 aromatic rings. The van der Waals surface area contributed by atoms with E-state index in [2.05, 4.69) is 31.1 Å². The molecule has 0 spiro atoms. The second-order valence-corrected chi connectivity index (χ2v) is 5.58. The molecule has 1 fully saturated rings. The van der Waals surface area contributed by atoms with Gasteiger partial charge in [0.25, 0.3) is 0 Å². The Kier molecular flexibility index (Phi) is 4.36. The van der Waals surface area contributed by atoms with E-state index in [1.54, 1.807) is 12.1 Å². The van der Waals surface area contributed by atoms with E-state index in [-0.39, 0.29) is 11.9 Å². The Labute approximate surface area is 109 Å². The van der Waals surface area contributed by atoms with E-state index in [0.29, 0.717) is 12.0 Å². The summed E-state index contributed by atoms with van der Waals surface area (Å²) in [5, 5.41) is 3.64. The molecule has 0 aromatic heterocycles. The van der Waals surface area contributed by atoms with Crippen molar-refractivity contribution in [2.45, 2.75) is 32.4 Å². The van der Waals surface area contributed by atoms with E-state index in [4.69, 9.17) is 0 Å². The number of hydrogen-bond acceptors (Lipinski definition) is 2. The fourth-order valence-corrected chi connectivity index (χ4v) is 2.80. The lowest BCUT2D eigenvalue weighted by Gasteiger charge is -2.37. The third-order valence-corrected chi connectivity index (χ3v) is 3.92. The van der Waals surface area contributed by atoms with Crippen molar-refractivity contribution in [1.82, 2.24) is 10.2 Å². The molecule has 18 heavy (non-hydrogen) atoms. The predicted molar refractivity (Wildman–Crippen MR) is 73.0 cm³/mol. The number of halogens is 1. The van der Waals surface area contributed by atoms with Gasteiger partial charge in [-0.25, -0.2) is 4.39 Å². The molecule has 1 heterocycles. The predicted octanol–water partition coefficient (Wildman–Crippen LogP) is 2.82. The molecule has 3 unspecified atom stereocenters. The summed E-state index contributed by atoms with van der Waals surface area (Å²) in [6.45, 7) is 6.66. The van der Waals surface area contributed by atoms with Gasteiger partial charge in [0.15, 0.2) is 0 Å². The summed E-state index contributed by atoms with van der Waals surface area (Å²) in [6.07, 6.45) is 1.16. The molecule has 0 saturated carbocycles. The van der Waals surface area contributed by atoms with Crippen LogP contribution in [0.4, 0.5) is 4.39 Å². The van der Waals surface area contributed by atoms with Gasteiger partial charge in [-0.15, -0.1) is 0 Å². The molecule has 1 aliphatic rings. The second kappa shape index (κ2) is 5.81. The highest BCUT2D eigenvalue weighted by atomic mass is 19.1. The quantitative estimate of drug-likeness (QED) is 0.887. The van der Waals surface area contributed by atoms with Gasteiger partial charge in [0.05, 0.1) is 0 Å². The van der Waals surface area contributed by atoms with Crippen molar-refractivity contribution in [3.63, 3.8) is 0 Å². The van der Waals surface area contributed by atoms with Crippen LogP contribution in [0.2, 0.25) is 0 Å². The van der Waals surface area contributed by atoms with E-state index >= 15 is 0 Å². The van der Waals surface area contributed by atoms with Crippen LogP contribution in [-0.4, -0.2) is 31.1 Å². The van der Waals surface area contributed by atoms with Gasteiger partial charge in [0, 0.05) is 18.6 Å². The van der Waals surface area contributed by atoms with Crippen LogP contribution < -0.4 is 5.32 Å². The average molecular weight is 250 g/mol. The molecule has 2 rings (SSSR count).